The van der Waals surface area contributed by atoms with Gasteiger partial charge < -0.3 is 20.1 Å². The summed E-state index contributed by atoms with van der Waals surface area (Å²) in [7, 11) is 0. The molecule has 0 spiro atoms. The molecule has 150 valence electrons. The van der Waals surface area contributed by atoms with Gasteiger partial charge in [-0.15, -0.1) is 0 Å². The van der Waals surface area contributed by atoms with Crippen LogP contribution in [0.25, 0.3) is 5.70 Å². The summed E-state index contributed by atoms with van der Waals surface area (Å²) in [6, 6.07) is 15.1. The Morgan fingerprint density at radius 2 is 1.72 bits per heavy atom. The van der Waals surface area contributed by atoms with Gasteiger partial charge in [0, 0.05) is 5.57 Å². The van der Waals surface area contributed by atoms with Gasteiger partial charge in [-0.2, -0.15) is 0 Å². The minimum atomic E-state index is -0.601. The van der Waals surface area contributed by atoms with Crippen LogP contribution >= 0.6 is 0 Å². The smallest absolute Gasteiger partial charge is 0.344 e. The zero-order valence-corrected chi connectivity index (χ0v) is 16.2. The molecule has 7 nitrogen and oxygen atoms in total. The molecule has 2 aromatic rings. The van der Waals surface area contributed by atoms with E-state index in [1.165, 1.54) is 6.92 Å². The van der Waals surface area contributed by atoms with Crippen LogP contribution in [0.3, 0.4) is 0 Å². The number of hydrogen-bond donors (Lipinski definition) is 2. The van der Waals surface area contributed by atoms with Gasteiger partial charge in [-0.3, -0.25) is 4.79 Å². The maximum Gasteiger partial charge on any atom is 0.344 e. The zero-order valence-electron chi connectivity index (χ0n) is 16.2. The molecule has 2 aromatic carbocycles. The number of nitrogens with one attached hydrogen (secondary N) is 2. The van der Waals surface area contributed by atoms with Crippen molar-refractivity contribution in [3.63, 3.8) is 0 Å². The summed E-state index contributed by atoms with van der Waals surface area (Å²) in [5, 5.41) is 5.56. The first kappa shape index (κ1) is 20.1. The lowest BCUT2D eigenvalue weighted by atomic mass is 9.90. The quantitative estimate of drug-likeness (QED) is 0.704. The van der Waals surface area contributed by atoms with Crippen molar-refractivity contribution in [3.05, 3.63) is 71.3 Å². The van der Waals surface area contributed by atoms with Crippen LogP contribution in [0.4, 0.5) is 4.79 Å². The van der Waals surface area contributed by atoms with Crippen LogP contribution in [-0.2, 0) is 14.3 Å². The summed E-state index contributed by atoms with van der Waals surface area (Å²) < 4.78 is 10.2. The molecule has 3 rings (SSSR count). The van der Waals surface area contributed by atoms with Crippen molar-refractivity contribution in [2.24, 2.45) is 0 Å². The third kappa shape index (κ3) is 4.82. The minimum absolute atomic E-state index is 0.149. The highest BCUT2D eigenvalue weighted by molar-refractivity contribution is 6.06. The van der Waals surface area contributed by atoms with Gasteiger partial charge in [0.2, 0.25) is 0 Å². The van der Waals surface area contributed by atoms with Crippen LogP contribution in [-0.4, -0.2) is 31.0 Å². The molecule has 7 heteroatoms. The Kier molecular flexibility index (Phi) is 6.29. The summed E-state index contributed by atoms with van der Waals surface area (Å²) >= 11 is 0. The number of urea groups is 1. The normalized spacial score (nSPS) is 15.9. The maximum absolute atomic E-state index is 12.5. The molecule has 1 heterocycles. The van der Waals surface area contributed by atoms with Crippen LogP contribution in [0.2, 0.25) is 0 Å². The molecule has 0 bridgehead atoms. The molecule has 0 unspecified atom stereocenters. The molecular formula is C22H22N2O5. The largest absolute Gasteiger partial charge is 0.482 e. The number of rotatable bonds is 7. The van der Waals surface area contributed by atoms with Crippen LogP contribution in [0.1, 0.15) is 31.0 Å². The summed E-state index contributed by atoms with van der Waals surface area (Å²) in [4.78, 5) is 36.1. The second kappa shape index (κ2) is 9.05. The van der Waals surface area contributed by atoms with E-state index in [9.17, 15) is 14.4 Å². The van der Waals surface area contributed by atoms with Crippen molar-refractivity contribution >= 4 is 23.5 Å². The molecule has 2 amide bonds. The van der Waals surface area contributed by atoms with Crippen LogP contribution < -0.4 is 15.4 Å². The van der Waals surface area contributed by atoms with Crippen molar-refractivity contribution in [2.75, 3.05) is 13.2 Å². The number of benzene rings is 2. The highest BCUT2D eigenvalue weighted by Crippen LogP contribution is 2.32. The standard InChI is InChI=1S/C22H22N2O5/c1-3-28-18(26)13-29-17-11-9-16(10-12-17)21-19(14(2)25)20(23-22(27)24-21)15-7-5-4-6-8-15/h4-12,21H,3,13H2,1-2H3,(H2,23,24,27)/t21-/m1/s1. The maximum atomic E-state index is 12.5. The molecule has 0 aliphatic carbocycles. The van der Waals surface area contributed by atoms with Gasteiger partial charge in [-0.25, -0.2) is 9.59 Å². The Bertz CT molecular complexity index is 935. The Hall–Kier alpha value is -3.61. The van der Waals surface area contributed by atoms with Gasteiger partial charge >= 0.3 is 12.0 Å². The number of carbonyl (C=O) groups excluding carboxylic acids is 3. The van der Waals surface area contributed by atoms with Gasteiger partial charge in [0.05, 0.1) is 18.3 Å². The summed E-state index contributed by atoms with van der Waals surface area (Å²) in [5.74, 6) is -0.112. The number of amides is 2. The predicted octanol–water partition coefficient (Wildman–Crippen LogP) is 2.98. The van der Waals surface area contributed by atoms with Crippen LogP contribution in [0, 0.1) is 0 Å². The highest BCUT2D eigenvalue weighted by Gasteiger charge is 2.31. The van der Waals surface area contributed by atoms with E-state index in [0.29, 0.717) is 23.6 Å². The third-order valence-electron chi connectivity index (χ3n) is 4.39. The van der Waals surface area contributed by atoms with Gasteiger partial charge in [0.1, 0.15) is 5.75 Å². The Morgan fingerprint density at radius 3 is 2.34 bits per heavy atom. The average molecular weight is 394 g/mol. The van der Waals surface area contributed by atoms with Gasteiger partial charge in [-0.1, -0.05) is 42.5 Å². The number of esters is 1. The molecule has 1 atom stereocenters. The second-order valence-corrected chi connectivity index (χ2v) is 6.41. The van der Waals surface area contributed by atoms with Crippen LogP contribution in [0.5, 0.6) is 5.75 Å². The molecular weight excluding hydrogens is 372 g/mol. The van der Waals surface area contributed by atoms with E-state index in [2.05, 4.69) is 10.6 Å². The molecule has 0 aromatic heterocycles. The van der Waals surface area contributed by atoms with Crippen LogP contribution in [0.15, 0.2) is 60.2 Å². The van der Waals surface area contributed by atoms with E-state index in [1.807, 2.05) is 30.3 Å². The van der Waals surface area contributed by atoms with Crippen molar-refractivity contribution in [1.29, 1.82) is 0 Å². The Labute approximate surface area is 168 Å². The lowest BCUT2D eigenvalue weighted by Gasteiger charge is -2.29. The van der Waals surface area contributed by atoms with Gasteiger partial charge in [0.25, 0.3) is 0 Å². The topological polar surface area (TPSA) is 93.7 Å². The lowest BCUT2D eigenvalue weighted by molar-refractivity contribution is -0.145. The summed E-state index contributed by atoms with van der Waals surface area (Å²) in [5.41, 5.74) is 2.44. The van der Waals surface area contributed by atoms with Crippen molar-refractivity contribution in [1.82, 2.24) is 10.6 Å². The summed E-state index contributed by atoms with van der Waals surface area (Å²) in [6.07, 6.45) is 0. The first-order valence-electron chi connectivity index (χ1n) is 9.26. The van der Waals surface area contributed by atoms with E-state index in [0.717, 1.165) is 11.1 Å². The molecule has 0 saturated carbocycles. The molecule has 2 N–H and O–H groups in total. The Balaban J connectivity index is 1.89. The highest BCUT2D eigenvalue weighted by atomic mass is 16.6. The molecule has 29 heavy (non-hydrogen) atoms. The van der Waals surface area contributed by atoms with Gasteiger partial charge in [0.15, 0.2) is 12.4 Å². The minimum Gasteiger partial charge on any atom is -0.482 e. The molecule has 0 radical (unpaired) electrons. The number of carbonyl (C=O) groups is 3. The van der Waals surface area contributed by atoms with Gasteiger partial charge in [-0.05, 0) is 37.1 Å². The fraction of sp³-hybridized carbons (Fsp3) is 0.227. The SMILES string of the molecule is CCOC(=O)COc1ccc([C@H]2NC(=O)NC(c3ccccc3)=C2C(C)=O)cc1. The first-order valence-corrected chi connectivity index (χ1v) is 9.26. The molecule has 0 fully saturated rings. The first-order chi connectivity index (χ1) is 14.0. The van der Waals surface area contributed by atoms with E-state index in [1.54, 1.807) is 31.2 Å². The van der Waals surface area contributed by atoms with Crippen molar-refractivity contribution in [3.8, 4) is 5.75 Å². The lowest BCUT2D eigenvalue weighted by Crippen LogP contribution is -2.44. The second-order valence-electron chi connectivity index (χ2n) is 6.41. The number of Topliss-reactive ketones (excluding diaryl/α,β-unsaturated/α-hetero) is 1. The predicted molar refractivity (Wildman–Crippen MR) is 107 cm³/mol. The average Bonchev–Trinajstić information content (AvgIpc) is 2.72. The fourth-order valence-corrected chi connectivity index (χ4v) is 3.13. The monoisotopic (exact) mass is 394 g/mol. The molecule has 0 saturated heterocycles. The van der Waals surface area contributed by atoms with Crippen molar-refractivity contribution < 1.29 is 23.9 Å². The van der Waals surface area contributed by atoms with Crippen molar-refractivity contribution in [2.45, 2.75) is 19.9 Å². The molecule has 1 aliphatic rings. The van der Waals surface area contributed by atoms with E-state index in [-0.39, 0.29) is 18.4 Å². The third-order valence-corrected chi connectivity index (χ3v) is 4.39. The van der Waals surface area contributed by atoms with E-state index in [4.69, 9.17) is 9.47 Å². The number of ether oxygens (including phenoxy) is 2. The Morgan fingerprint density at radius 1 is 1.03 bits per heavy atom. The zero-order chi connectivity index (χ0) is 20.8. The number of ketones is 1. The summed E-state index contributed by atoms with van der Waals surface area (Å²) in [6.45, 7) is 3.31. The fourth-order valence-electron chi connectivity index (χ4n) is 3.13. The number of hydrogen-bond acceptors (Lipinski definition) is 5. The molecule has 1 aliphatic heterocycles. The van der Waals surface area contributed by atoms with E-state index < -0.39 is 12.0 Å². The van der Waals surface area contributed by atoms with E-state index >= 15 is 0 Å².